The van der Waals surface area contributed by atoms with Gasteiger partial charge in [-0.15, -0.1) is 0 Å². The van der Waals surface area contributed by atoms with Crippen molar-refractivity contribution in [2.45, 2.75) is 13.5 Å². The molecule has 1 amide bonds. The average Bonchev–Trinajstić information content (AvgIpc) is 2.58. The zero-order valence-electron chi connectivity index (χ0n) is 13.4. The van der Waals surface area contributed by atoms with Crippen LogP contribution in [0, 0.1) is 0 Å². The van der Waals surface area contributed by atoms with Gasteiger partial charge in [-0.1, -0.05) is 24.3 Å². The molecule has 1 heterocycles. The van der Waals surface area contributed by atoms with Gasteiger partial charge in [-0.25, -0.2) is 4.79 Å². The third-order valence-corrected chi connectivity index (χ3v) is 3.87. The Morgan fingerprint density at radius 3 is 2.38 bits per heavy atom. The number of hydrogen-bond donors (Lipinski definition) is 1. The van der Waals surface area contributed by atoms with Crippen molar-refractivity contribution in [2.75, 3.05) is 5.32 Å². The molecule has 2 aromatic carbocycles. The van der Waals surface area contributed by atoms with Crippen LogP contribution in [0.2, 0.25) is 0 Å². The number of carbonyl (C=O) groups is 1. The number of rotatable bonds is 3. The molecule has 3 rings (SSSR count). The molecule has 0 saturated carbocycles. The molecular weight excluding hydrogens is 306 g/mol. The molecule has 0 aliphatic heterocycles. The third kappa shape index (κ3) is 2.86. The predicted molar refractivity (Wildman–Crippen MR) is 93.3 cm³/mol. The predicted octanol–water partition coefficient (Wildman–Crippen LogP) is 1.71. The first-order chi connectivity index (χ1) is 11.5. The van der Waals surface area contributed by atoms with Gasteiger partial charge in [-0.05, 0) is 29.8 Å². The van der Waals surface area contributed by atoms with E-state index in [1.165, 1.54) is 16.1 Å². The lowest BCUT2D eigenvalue weighted by Gasteiger charge is -2.11. The van der Waals surface area contributed by atoms with Crippen LogP contribution < -0.4 is 16.6 Å². The Hall–Kier alpha value is -3.15. The minimum absolute atomic E-state index is 0.151. The summed E-state index contributed by atoms with van der Waals surface area (Å²) >= 11 is 0. The third-order valence-electron chi connectivity index (χ3n) is 3.87. The zero-order valence-corrected chi connectivity index (χ0v) is 13.4. The number of amides is 1. The van der Waals surface area contributed by atoms with Crippen LogP contribution in [0.3, 0.4) is 0 Å². The summed E-state index contributed by atoms with van der Waals surface area (Å²) in [4.78, 5) is 36.1. The second-order valence-electron chi connectivity index (χ2n) is 5.63. The monoisotopic (exact) mass is 323 g/mol. The molecule has 1 aromatic heterocycles. The number of nitrogens with zero attached hydrogens (tertiary/aromatic N) is 2. The van der Waals surface area contributed by atoms with Crippen LogP contribution in [0.25, 0.3) is 10.9 Å². The molecule has 0 unspecified atom stereocenters. The summed E-state index contributed by atoms with van der Waals surface area (Å²) in [7, 11) is 1.65. The number of para-hydroxylation sites is 1. The Bertz CT molecular complexity index is 1030. The summed E-state index contributed by atoms with van der Waals surface area (Å²) in [6.07, 6.45) is 0. The maximum atomic E-state index is 12.6. The van der Waals surface area contributed by atoms with Crippen molar-refractivity contribution < 1.29 is 4.79 Å². The molecule has 0 aliphatic carbocycles. The van der Waals surface area contributed by atoms with Crippen LogP contribution in [-0.2, 0) is 18.4 Å². The summed E-state index contributed by atoms with van der Waals surface area (Å²) in [5, 5.41) is 3.19. The zero-order chi connectivity index (χ0) is 17.3. The number of fused-ring (bicyclic) bond motifs is 1. The molecule has 0 atom stereocenters. The minimum Gasteiger partial charge on any atom is -0.326 e. The van der Waals surface area contributed by atoms with Gasteiger partial charge in [0.1, 0.15) is 0 Å². The van der Waals surface area contributed by atoms with E-state index >= 15 is 0 Å². The van der Waals surface area contributed by atoms with Crippen LogP contribution >= 0.6 is 0 Å². The molecule has 0 bridgehead atoms. The molecule has 6 heteroatoms. The molecule has 6 nitrogen and oxygen atoms in total. The van der Waals surface area contributed by atoms with Gasteiger partial charge in [0.05, 0.1) is 17.4 Å². The number of aromatic nitrogens is 2. The number of aryl methyl sites for hydroxylation is 1. The van der Waals surface area contributed by atoms with Gasteiger partial charge in [-0.3, -0.25) is 18.7 Å². The Kier molecular flexibility index (Phi) is 4.04. The highest BCUT2D eigenvalue weighted by molar-refractivity contribution is 5.88. The number of nitrogens with one attached hydrogen (secondary N) is 1. The van der Waals surface area contributed by atoms with Crippen LogP contribution in [0.1, 0.15) is 12.5 Å². The molecule has 122 valence electrons. The van der Waals surface area contributed by atoms with E-state index in [-0.39, 0.29) is 23.7 Å². The maximum absolute atomic E-state index is 12.6. The largest absolute Gasteiger partial charge is 0.331 e. The van der Waals surface area contributed by atoms with E-state index in [9.17, 15) is 14.4 Å². The normalized spacial score (nSPS) is 10.8. The van der Waals surface area contributed by atoms with Gasteiger partial charge >= 0.3 is 5.69 Å². The molecule has 0 aliphatic rings. The van der Waals surface area contributed by atoms with E-state index in [0.29, 0.717) is 16.6 Å². The highest BCUT2D eigenvalue weighted by atomic mass is 16.2. The second-order valence-corrected chi connectivity index (χ2v) is 5.63. The minimum atomic E-state index is -0.357. The molecule has 24 heavy (non-hydrogen) atoms. The van der Waals surface area contributed by atoms with Crippen molar-refractivity contribution in [3.63, 3.8) is 0 Å². The van der Waals surface area contributed by atoms with Gasteiger partial charge in [0.15, 0.2) is 0 Å². The van der Waals surface area contributed by atoms with Crippen molar-refractivity contribution in [1.29, 1.82) is 0 Å². The van der Waals surface area contributed by atoms with Gasteiger partial charge in [0.2, 0.25) is 5.91 Å². The SMILES string of the molecule is CC(=O)Nc1ccc(Cn2c(=O)c3ccccc3n(C)c2=O)cc1. The number of carbonyl (C=O) groups excluding carboxylic acids is 1. The summed E-state index contributed by atoms with van der Waals surface area (Å²) < 4.78 is 2.69. The quantitative estimate of drug-likeness (QED) is 0.797. The Balaban J connectivity index is 2.03. The van der Waals surface area contributed by atoms with Gasteiger partial charge in [-0.2, -0.15) is 0 Å². The first-order valence-corrected chi connectivity index (χ1v) is 7.52. The van der Waals surface area contributed by atoms with E-state index in [2.05, 4.69) is 5.32 Å². The van der Waals surface area contributed by atoms with Crippen LogP contribution in [0.4, 0.5) is 5.69 Å². The average molecular weight is 323 g/mol. The summed E-state index contributed by atoms with van der Waals surface area (Å²) in [6.45, 7) is 1.61. The number of benzene rings is 2. The second kappa shape index (κ2) is 6.16. The van der Waals surface area contributed by atoms with E-state index in [1.54, 1.807) is 55.6 Å². The lowest BCUT2D eigenvalue weighted by atomic mass is 10.2. The fourth-order valence-electron chi connectivity index (χ4n) is 2.68. The number of hydrogen-bond acceptors (Lipinski definition) is 3. The topological polar surface area (TPSA) is 73.1 Å². The van der Waals surface area contributed by atoms with Crippen LogP contribution in [0.5, 0.6) is 0 Å². The van der Waals surface area contributed by atoms with Gasteiger partial charge < -0.3 is 5.32 Å². The molecule has 3 aromatic rings. The number of anilines is 1. The highest BCUT2D eigenvalue weighted by Gasteiger charge is 2.10. The summed E-state index contributed by atoms with van der Waals surface area (Å²) in [5.74, 6) is -0.151. The first-order valence-electron chi connectivity index (χ1n) is 7.52. The van der Waals surface area contributed by atoms with E-state index < -0.39 is 0 Å². The fraction of sp³-hybridized carbons (Fsp3) is 0.167. The highest BCUT2D eigenvalue weighted by Crippen LogP contribution is 2.11. The maximum Gasteiger partial charge on any atom is 0.331 e. The van der Waals surface area contributed by atoms with E-state index in [4.69, 9.17) is 0 Å². The van der Waals surface area contributed by atoms with Crippen LogP contribution in [0.15, 0.2) is 58.1 Å². The van der Waals surface area contributed by atoms with Gasteiger partial charge in [0.25, 0.3) is 5.56 Å². The smallest absolute Gasteiger partial charge is 0.326 e. The van der Waals surface area contributed by atoms with Crippen molar-refractivity contribution in [3.05, 3.63) is 74.9 Å². The van der Waals surface area contributed by atoms with Crippen molar-refractivity contribution in [3.8, 4) is 0 Å². The van der Waals surface area contributed by atoms with Crippen LogP contribution in [-0.4, -0.2) is 15.0 Å². The summed E-state index contributed by atoms with van der Waals surface area (Å²) in [6, 6.07) is 14.1. The summed E-state index contributed by atoms with van der Waals surface area (Å²) in [5.41, 5.74) is 1.43. The van der Waals surface area contributed by atoms with E-state index in [0.717, 1.165) is 5.56 Å². The lowest BCUT2D eigenvalue weighted by molar-refractivity contribution is -0.114. The standard InChI is InChI=1S/C18H17N3O3/c1-12(22)19-14-9-7-13(8-10-14)11-21-17(23)15-5-3-4-6-16(15)20(2)18(21)24/h3-10H,11H2,1-2H3,(H,19,22). The van der Waals surface area contributed by atoms with Crippen molar-refractivity contribution >= 4 is 22.5 Å². The molecule has 1 N–H and O–H groups in total. The lowest BCUT2D eigenvalue weighted by Crippen LogP contribution is -2.39. The van der Waals surface area contributed by atoms with Gasteiger partial charge in [0, 0.05) is 19.7 Å². The molecule has 0 radical (unpaired) electrons. The molecule has 0 saturated heterocycles. The van der Waals surface area contributed by atoms with Crippen molar-refractivity contribution in [1.82, 2.24) is 9.13 Å². The molecule has 0 fully saturated rings. The Morgan fingerprint density at radius 2 is 1.71 bits per heavy atom. The molecule has 0 spiro atoms. The van der Waals surface area contributed by atoms with E-state index in [1.807, 2.05) is 0 Å². The molecular formula is C18H17N3O3. The Morgan fingerprint density at radius 1 is 1.04 bits per heavy atom. The Labute approximate surface area is 138 Å². The first kappa shape index (κ1) is 15.7. The fourth-order valence-corrected chi connectivity index (χ4v) is 2.68. The van der Waals surface area contributed by atoms with Crippen molar-refractivity contribution in [2.24, 2.45) is 7.05 Å².